The smallest absolute Gasteiger partial charge is 0.246 e. The molecule has 2 rings (SSSR count). The second-order valence-corrected chi connectivity index (χ2v) is 4.50. The Kier molecular flexibility index (Phi) is 6.31. The Hall–Kier alpha value is -1.75. The number of hydrogen-bond acceptors (Lipinski definition) is 4. The number of aromatic hydroxyl groups is 1. The lowest BCUT2D eigenvalue weighted by molar-refractivity contribution is -0.126. The Morgan fingerprint density at radius 2 is 2.10 bits per heavy atom. The second kappa shape index (κ2) is 7.75. The van der Waals surface area contributed by atoms with E-state index in [2.05, 4.69) is 4.98 Å². The number of amides is 1. The van der Waals surface area contributed by atoms with Crippen molar-refractivity contribution in [2.75, 3.05) is 20.2 Å². The van der Waals surface area contributed by atoms with E-state index in [-0.39, 0.29) is 24.1 Å². The molecule has 0 saturated carbocycles. The number of likely N-dealkylation sites (tertiary alicyclic amines) is 1. The van der Waals surface area contributed by atoms with E-state index in [1.165, 1.54) is 37.9 Å². The topological polar surface area (TPSA) is 62.7 Å². The zero-order valence-electron chi connectivity index (χ0n) is 11.4. The van der Waals surface area contributed by atoms with Gasteiger partial charge in [0.2, 0.25) is 5.91 Å². The molecule has 6 heteroatoms. The average molecular weight is 299 g/mol. The predicted octanol–water partition coefficient (Wildman–Crippen LogP) is 2.24. The van der Waals surface area contributed by atoms with Gasteiger partial charge in [0, 0.05) is 25.2 Å². The first-order valence-corrected chi connectivity index (χ1v) is 6.40. The van der Waals surface area contributed by atoms with Gasteiger partial charge in [-0.25, -0.2) is 4.98 Å². The maximum Gasteiger partial charge on any atom is 0.246 e. The highest BCUT2D eigenvalue weighted by atomic mass is 35.5. The van der Waals surface area contributed by atoms with Crippen LogP contribution in [0.2, 0.25) is 0 Å². The summed E-state index contributed by atoms with van der Waals surface area (Å²) in [5.41, 5.74) is 0.367. The van der Waals surface area contributed by atoms with E-state index in [4.69, 9.17) is 4.74 Å². The van der Waals surface area contributed by atoms with Gasteiger partial charge in [0.15, 0.2) is 0 Å². The minimum absolute atomic E-state index is 0. The highest BCUT2D eigenvalue weighted by molar-refractivity contribution is 5.91. The maximum absolute atomic E-state index is 11.9. The SMILES string of the molecule is COc1cnc(/C=C/C(=O)N2CCCCC2)c(O)c1.Cl. The summed E-state index contributed by atoms with van der Waals surface area (Å²) in [5, 5.41) is 9.73. The molecule has 1 N–H and O–H groups in total. The number of hydrogen-bond donors (Lipinski definition) is 1. The van der Waals surface area contributed by atoms with Crippen LogP contribution in [0.1, 0.15) is 25.0 Å². The van der Waals surface area contributed by atoms with E-state index < -0.39 is 0 Å². The molecule has 0 aromatic carbocycles. The second-order valence-electron chi connectivity index (χ2n) is 4.50. The van der Waals surface area contributed by atoms with Crippen molar-refractivity contribution in [3.63, 3.8) is 0 Å². The Morgan fingerprint density at radius 3 is 2.70 bits per heavy atom. The lowest BCUT2D eigenvalue weighted by Crippen LogP contribution is -2.34. The van der Waals surface area contributed by atoms with Crippen molar-refractivity contribution >= 4 is 24.4 Å². The summed E-state index contributed by atoms with van der Waals surface area (Å²) >= 11 is 0. The molecule has 1 aromatic rings. The number of nitrogens with zero attached hydrogens (tertiary/aromatic N) is 2. The molecule has 1 aliphatic rings. The maximum atomic E-state index is 11.9. The molecule has 0 bridgehead atoms. The van der Waals surface area contributed by atoms with E-state index in [0.717, 1.165) is 25.9 Å². The van der Waals surface area contributed by atoms with Gasteiger partial charge in [0.25, 0.3) is 0 Å². The van der Waals surface area contributed by atoms with Gasteiger partial charge in [-0.1, -0.05) is 0 Å². The summed E-state index contributed by atoms with van der Waals surface area (Å²) in [6.07, 6.45) is 7.81. The van der Waals surface area contributed by atoms with Crippen LogP contribution in [-0.2, 0) is 4.79 Å². The standard InChI is InChI=1S/C14H18N2O3.ClH/c1-19-11-9-13(17)12(15-10-11)5-6-14(18)16-7-3-2-4-8-16;/h5-6,9-10,17H,2-4,7-8H2,1H3;1H/b6-5+;. The quantitative estimate of drug-likeness (QED) is 0.869. The van der Waals surface area contributed by atoms with Crippen LogP contribution in [0.3, 0.4) is 0 Å². The number of aromatic nitrogens is 1. The van der Waals surface area contributed by atoms with E-state index >= 15 is 0 Å². The van der Waals surface area contributed by atoms with E-state index in [0.29, 0.717) is 11.4 Å². The van der Waals surface area contributed by atoms with Gasteiger partial charge in [0.1, 0.15) is 17.2 Å². The van der Waals surface area contributed by atoms with Crippen LogP contribution in [-0.4, -0.2) is 41.1 Å². The fourth-order valence-electron chi connectivity index (χ4n) is 2.06. The van der Waals surface area contributed by atoms with Gasteiger partial charge in [-0.15, -0.1) is 12.4 Å². The summed E-state index contributed by atoms with van der Waals surface area (Å²) in [6.45, 7) is 1.62. The third kappa shape index (κ3) is 4.13. The zero-order valence-corrected chi connectivity index (χ0v) is 12.2. The van der Waals surface area contributed by atoms with E-state index in [9.17, 15) is 9.90 Å². The largest absolute Gasteiger partial charge is 0.506 e. The zero-order chi connectivity index (χ0) is 13.7. The number of ether oxygens (including phenoxy) is 1. The minimum Gasteiger partial charge on any atom is -0.506 e. The molecule has 0 unspecified atom stereocenters. The number of pyridine rings is 1. The Labute approximate surface area is 124 Å². The van der Waals surface area contributed by atoms with Crippen molar-refractivity contribution in [1.29, 1.82) is 0 Å². The van der Waals surface area contributed by atoms with E-state index in [1.807, 2.05) is 4.90 Å². The molecule has 1 amide bonds. The molecule has 2 heterocycles. The van der Waals surface area contributed by atoms with Crippen LogP contribution in [0.4, 0.5) is 0 Å². The van der Waals surface area contributed by atoms with Crippen LogP contribution in [0, 0.1) is 0 Å². The van der Waals surface area contributed by atoms with Crippen LogP contribution >= 0.6 is 12.4 Å². The molecule has 0 radical (unpaired) electrons. The molecule has 0 aliphatic carbocycles. The Balaban J connectivity index is 0.00000200. The van der Waals surface area contributed by atoms with Gasteiger partial charge < -0.3 is 14.7 Å². The number of carbonyl (C=O) groups excluding carboxylic acids is 1. The first-order chi connectivity index (χ1) is 9.20. The lowest BCUT2D eigenvalue weighted by atomic mass is 10.1. The van der Waals surface area contributed by atoms with E-state index in [1.54, 1.807) is 0 Å². The number of piperidine rings is 1. The lowest BCUT2D eigenvalue weighted by Gasteiger charge is -2.25. The number of methoxy groups -OCH3 is 1. The molecule has 1 aromatic heterocycles. The molecule has 5 nitrogen and oxygen atoms in total. The molecular formula is C14H19ClN2O3. The van der Waals surface area contributed by atoms with Crippen LogP contribution in [0.5, 0.6) is 11.5 Å². The molecular weight excluding hydrogens is 280 g/mol. The number of rotatable bonds is 3. The molecule has 20 heavy (non-hydrogen) atoms. The summed E-state index contributed by atoms with van der Waals surface area (Å²) in [7, 11) is 1.51. The third-order valence-corrected chi connectivity index (χ3v) is 3.16. The van der Waals surface area contributed by atoms with Crippen molar-refractivity contribution in [2.45, 2.75) is 19.3 Å². The van der Waals surface area contributed by atoms with Gasteiger partial charge in [0.05, 0.1) is 13.3 Å². The summed E-state index contributed by atoms with van der Waals surface area (Å²) < 4.78 is 4.95. The van der Waals surface area contributed by atoms with Gasteiger partial charge in [-0.3, -0.25) is 4.79 Å². The highest BCUT2D eigenvalue weighted by Gasteiger charge is 2.13. The van der Waals surface area contributed by atoms with Crippen molar-refractivity contribution in [3.05, 3.63) is 24.0 Å². The van der Waals surface area contributed by atoms with Gasteiger partial charge in [-0.2, -0.15) is 0 Å². The molecule has 0 spiro atoms. The van der Waals surface area contributed by atoms with Crippen molar-refractivity contribution in [2.24, 2.45) is 0 Å². The molecule has 1 aliphatic heterocycles. The first-order valence-electron chi connectivity index (χ1n) is 6.40. The van der Waals surface area contributed by atoms with Crippen molar-refractivity contribution in [3.8, 4) is 11.5 Å². The number of halogens is 1. The Morgan fingerprint density at radius 1 is 1.40 bits per heavy atom. The fourth-order valence-corrected chi connectivity index (χ4v) is 2.06. The van der Waals surface area contributed by atoms with Gasteiger partial charge in [-0.05, 0) is 25.3 Å². The first kappa shape index (κ1) is 16.3. The molecule has 1 fully saturated rings. The van der Waals surface area contributed by atoms with Gasteiger partial charge >= 0.3 is 0 Å². The van der Waals surface area contributed by atoms with Crippen LogP contribution in [0.15, 0.2) is 18.3 Å². The molecule has 0 atom stereocenters. The monoisotopic (exact) mass is 298 g/mol. The molecule has 110 valence electrons. The predicted molar refractivity (Wildman–Crippen MR) is 79.2 cm³/mol. The number of carbonyl (C=O) groups is 1. The van der Waals surface area contributed by atoms with Crippen LogP contribution in [0.25, 0.3) is 6.08 Å². The normalized spacial score (nSPS) is 14.9. The fraction of sp³-hybridized carbons (Fsp3) is 0.429. The average Bonchev–Trinajstić information content (AvgIpc) is 2.46. The summed E-state index contributed by atoms with van der Waals surface area (Å²) in [4.78, 5) is 17.8. The minimum atomic E-state index is -0.0308. The highest BCUT2D eigenvalue weighted by Crippen LogP contribution is 2.21. The summed E-state index contributed by atoms with van der Waals surface area (Å²) in [5.74, 6) is 0.454. The third-order valence-electron chi connectivity index (χ3n) is 3.16. The summed E-state index contributed by atoms with van der Waals surface area (Å²) in [6, 6.07) is 1.47. The van der Waals surface area contributed by atoms with Crippen molar-refractivity contribution in [1.82, 2.24) is 9.88 Å². The Bertz CT molecular complexity index is 485. The van der Waals surface area contributed by atoms with Crippen molar-refractivity contribution < 1.29 is 14.6 Å². The van der Waals surface area contributed by atoms with Crippen LogP contribution < -0.4 is 4.74 Å². The molecule has 1 saturated heterocycles.